The Morgan fingerprint density at radius 3 is 2.62 bits per heavy atom. The normalized spacial score (nSPS) is 17.8. The highest BCUT2D eigenvalue weighted by Crippen LogP contribution is 2.27. The Morgan fingerprint density at radius 2 is 2.00 bits per heavy atom. The molecule has 2 atom stereocenters. The molecule has 7 heteroatoms. The van der Waals surface area contributed by atoms with E-state index in [2.05, 4.69) is 34.6 Å². The molecule has 164 valence electrons. The zero-order valence-corrected chi connectivity index (χ0v) is 19.5. The molecule has 1 aromatic rings. The van der Waals surface area contributed by atoms with Gasteiger partial charge in [-0.15, -0.1) is 0 Å². The van der Waals surface area contributed by atoms with Crippen molar-refractivity contribution >= 4 is 16.8 Å². The van der Waals surface area contributed by atoms with Gasteiger partial charge in [0.05, 0.1) is 19.7 Å². The summed E-state index contributed by atoms with van der Waals surface area (Å²) in [5, 5.41) is 6.66. The number of nitrogens with zero attached hydrogens (tertiary/aromatic N) is 2. The van der Waals surface area contributed by atoms with Crippen molar-refractivity contribution in [3.8, 4) is 5.75 Å². The van der Waals surface area contributed by atoms with E-state index in [1.54, 1.807) is 7.11 Å². The lowest BCUT2D eigenvalue weighted by Crippen LogP contribution is -2.41. The second kappa shape index (κ2) is 11.6. The minimum atomic E-state index is -0.873. The molecule has 0 saturated carbocycles. The summed E-state index contributed by atoms with van der Waals surface area (Å²) in [6.07, 6.45) is 2.47. The number of guanidine groups is 1. The first kappa shape index (κ1) is 23.7. The zero-order chi connectivity index (χ0) is 21.3. The smallest absolute Gasteiger partial charge is 0.191 e. The first-order valence-electron chi connectivity index (χ1n) is 10.6. The largest absolute Gasteiger partial charge is 0.497 e. The molecule has 1 fully saturated rings. The fourth-order valence-corrected chi connectivity index (χ4v) is 4.32. The van der Waals surface area contributed by atoms with Gasteiger partial charge in [0.2, 0.25) is 0 Å². The van der Waals surface area contributed by atoms with Crippen molar-refractivity contribution < 1.29 is 8.95 Å². The Hall–Kier alpha value is -1.60. The van der Waals surface area contributed by atoms with Gasteiger partial charge in [-0.2, -0.15) is 0 Å². The molecule has 0 spiro atoms. The number of ether oxygens (including phenoxy) is 1. The molecule has 0 bridgehead atoms. The second-order valence-corrected chi connectivity index (χ2v) is 10.7. The topological polar surface area (TPSA) is 66.0 Å². The van der Waals surface area contributed by atoms with Crippen LogP contribution in [0, 0.1) is 0 Å². The highest BCUT2D eigenvalue weighted by Gasteiger charge is 2.24. The summed E-state index contributed by atoms with van der Waals surface area (Å²) in [4.78, 5) is 7.37. The van der Waals surface area contributed by atoms with E-state index in [9.17, 15) is 4.21 Å². The molecule has 0 amide bonds. The van der Waals surface area contributed by atoms with Gasteiger partial charge in [-0.3, -0.25) is 14.1 Å². The molecule has 1 aliphatic heterocycles. The average Bonchev–Trinajstić information content (AvgIpc) is 3.22. The molecule has 2 unspecified atom stereocenters. The first-order chi connectivity index (χ1) is 13.8. The summed E-state index contributed by atoms with van der Waals surface area (Å²) in [5.74, 6) is 2.27. The van der Waals surface area contributed by atoms with Gasteiger partial charge in [-0.05, 0) is 71.3 Å². The van der Waals surface area contributed by atoms with E-state index in [0.717, 1.165) is 31.3 Å². The van der Waals surface area contributed by atoms with Crippen molar-refractivity contribution in [1.29, 1.82) is 0 Å². The van der Waals surface area contributed by atoms with Crippen LogP contribution < -0.4 is 15.4 Å². The van der Waals surface area contributed by atoms with E-state index in [4.69, 9.17) is 9.73 Å². The molecule has 1 aliphatic rings. The van der Waals surface area contributed by atoms with Crippen LogP contribution in [0.1, 0.15) is 52.1 Å². The van der Waals surface area contributed by atoms with Gasteiger partial charge in [0, 0.05) is 34.4 Å². The lowest BCUT2D eigenvalue weighted by molar-refractivity contribution is 0.251. The molecule has 0 aromatic heterocycles. The standard InChI is InChI=1S/C22H38N4O2S/c1-6-23-21(24-12-15-29(27)22(2,3)4)25-17-20(26-13-7-8-14-26)18-10-9-11-19(16-18)28-5/h9-11,16,20H,6-8,12-15,17H2,1-5H3,(H2,23,24,25). The molecule has 6 nitrogen and oxygen atoms in total. The van der Waals surface area contributed by atoms with E-state index in [0.29, 0.717) is 18.8 Å². The number of hydrogen-bond donors (Lipinski definition) is 2. The van der Waals surface area contributed by atoms with Crippen LogP contribution in [-0.4, -0.2) is 65.4 Å². The van der Waals surface area contributed by atoms with Crippen molar-refractivity contribution in [3.05, 3.63) is 29.8 Å². The van der Waals surface area contributed by atoms with Crippen LogP contribution in [0.2, 0.25) is 0 Å². The summed E-state index contributed by atoms with van der Waals surface area (Å²) in [5.41, 5.74) is 1.24. The van der Waals surface area contributed by atoms with Crippen LogP contribution in [-0.2, 0) is 10.8 Å². The molecule has 0 aliphatic carbocycles. The van der Waals surface area contributed by atoms with Crippen molar-refractivity contribution in [3.63, 3.8) is 0 Å². The van der Waals surface area contributed by atoms with Gasteiger partial charge < -0.3 is 15.4 Å². The Kier molecular flexibility index (Phi) is 9.43. The molecule has 0 radical (unpaired) electrons. The van der Waals surface area contributed by atoms with Gasteiger partial charge in [0.1, 0.15) is 5.75 Å². The molecule has 2 N–H and O–H groups in total. The van der Waals surface area contributed by atoms with Crippen LogP contribution in [0.4, 0.5) is 0 Å². The van der Waals surface area contributed by atoms with Crippen molar-refractivity contribution in [1.82, 2.24) is 15.5 Å². The van der Waals surface area contributed by atoms with E-state index >= 15 is 0 Å². The molecule has 2 rings (SSSR count). The van der Waals surface area contributed by atoms with Gasteiger partial charge >= 0.3 is 0 Å². The molecular formula is C22H38N4O2S. The van der Waals surface area contributed by atoms with Gasteiger partial charge in [0.15, 0.2) is 5.96 Å². The number of hydrogen-bond acceptors (Lipinski definition) is 4. The molecular weight excluding hydrogens is 384 g/mol. The first-order valence-corrected chi connectivity index (χ1v) is 12.0. The van der Waals surface area contributed by atoms with Crippen molar-refractivity contribution in [2.45, 2.75) is 51.3 Å². The number of aliphatic imine (C=N–C) groups is 1. The van der Waals surface area contributed by atoms with Gasteiger partial charge in [0.25, 0.3) is 0 Å². The third kappa shape index (κ3) is 7.63. The predicted molar refractivity (Wildman–Crippen MR) is 123 cm³/mol. The molecule has 1 saturated heterocycles. The quantitative estimate of drug-likeness (QED) is 0.473. The lowest BCUT2D eigenvalue weighted by Gasteiger charge is -2.27. The number of methoxy groups -OCH3 is 1. The molecule has 1 aromatic carbocycles. The fourth-order valence-electron chi connectivity index (χ4n) is 3.42. The van der Waals surface area contributed by atoms with E-state index in [1.165, 1.54) is 18.4 Å². The lowest BCUT2D eigenvalue weighted by atomic mass is 10.1. The maximum absolute atomic E-state index is 12.3. The Balaban J connectivity index is 2.07. The summed E-state index contributed by atoms with van der Waals surface area (Å²) in [6.45, 7) is 12.4. The number of nitrogens with one attached hydrogen (secondary N) is 2. The Morgan fingerprint density at radius 1 is 1.28 bits per heavy atom. The minimum absolute atomic E-state index is 0.190. The van der Waals surface area contributed by atoms with E-state index < -0.39 is 10.8 Å². The highest BCUT2D eigenvalue weighted by atomic mass is 32.2. The maximum Gasteiger partial charge on any atom is 0.191 e. The minimum Gasteiger partial charge on any atom is -0.497 e. The van der Waals surface area contributed by atoms with Crippen LogP contribution in [0.25, 0.3) is 0 Å². The highest BCUT2D eigenvalue weighted by molar-refractivity contribution is 7.86. The maximum atomic E-state index is 12.3. The van der Waals surface area contributed by atoms with Crippen molar-refractivity contribution in [2.24, 2.45) is 4.99 Å². The zero-order valence-electron chi connectivity index (χ0n) is 18.7. The van der Waals surface area contributed by atoms with Gasteiger partial charge in [-0.1, -0.05) is 12.1 Å². The summed E-state index contributed by atoms with van der Waals surface area (Å²) in [7, 11) is 0.832. The van der Waals surface area contributed by atoms with Crippen LogP contribution in [0.5, 0.6) is 5.75 Å². The van der Waals surface area contributed by atoms with Crippen LogP contribution >= 0.6 is 0 Å². The molecule has 29 heavy (non-hydrogen) atoms. The SMILES string of the molecule is CCNC(=NCC(c1cccc(OC)c1)N1CCCC1)NCCS(=O)C(C)(C)C. The van der Waals surface area contributed by atoms with Crippen LogP contribution in [0.3, 0.4) is 0 Å². The third-order valence-corrected chi connectivity index (χ3v) is 7.03. The van der Waals surface area contributed by atoms with Crippen molar-refractivity contribution in [2.75, 3.05) is 45.6 Å². The third-order valence-electron chi connectivity index (χ3n) is 5.09. The number of likely N-dealkylation sites (tertiary alicyclic amines) is 1. The fraction of sp³-hybridized carbons (Fsp3) is 0.682. The monoisotopic (exact) mass is 422 g/mol. The summed E-state index contributed by atoms with van der Waals surface area (Å²) < 4.78 is 17.5. The number of rotatable bonds is 9. The average molecular weight is 423 g/mol. The predicted octanol–water partition coefficient (Wildman–Crippen LogP) is 2.93. The second-order valence-electron chi connectivity index (χ2n) is 8.34. The van der Waals surface area contributed by atoms with E-state index in [-0.39, 0.29) is 10.8 Å². The Bertz CT molecular complexity index is 682. The number of benzene rings is 1. The summed E-state index contributed by atoms with van der Waals surface area (Å²) >= 11 is 0. The summed E-state index contributed by atoms with van der Waals surface area (Å²) in [6, 6.07) is 8.53. The van der Waals surface area contributed by atoms with Gasteiger partial charge in [-0.25, -0.2) is 0 Å². The Labute approximate surface area is 179 Å². The van der Waals surface area contributed by atoms with E-state index in [1.807, 2.05) is 32.9 Å². The van der Waals surface area contributed by atoms with Crippen LogP contribution in [0.15, 0.2) is 29.3 Å². The molecule has 1 heterocycles.